The lowest BCUT2D eigenvalue weighted by Gasteiger charge is -2.28. The first-order chi connectivity index (χ1) is 12.7. The highest BCUT2D eigenvalue weighted by Gasteiger charge is 2.13. The Hall–Kier alpha value is -2.50. The van der Waals surface area contributed by atoms with Crippen LogP contribution in [-0.4, -0.2) is 47.6 Å². The second kappa shape index (κ2) is 8.74. The van der Waals surface area contributed by atoms with Crippen molar-refractivity contribution >= 4 is 11.8 Å². The zero-order chi connectivity index (χ0) is 18.4. The summed E-state index contributed by atoms with van der Waals surface area (Å²) in [6, 6.07) is 8.48. The molecule has 1 saturated heterocycles. The smallest absolute Gasteiger partial charge is 0.194 e. The lowest BCUT2D eigenvalue weighted by molar-refractivity contribution is 0.461. The van der Waals surface area contributed by atoms with Gasteiger partial charge in [0.15, 0.2) is 5.96 Å². The molecular weight excluding hydrogens is 324 g/mol. The van der Waals surface area contributed by atoms with Gasteiger partial charge in [0.2, 0.25) is 0 Å². The van der Waals surface area contributed by atoms with Crippen molar-refractivity contribution in [1.29, 1.82) is 0 Å². The Kier molecular flexibility index (Phi) is 6.15. The molecule has 1 aliphatic rings. The second-order valence-corrected chi connectivity index (χ2v) is 6.94. The van der Waals surface area contributed by atoms with E-state index in [4.69, 9.17) is 0 Å². The average Bonchev–Trinajstić information content (AvgIpc) is 3.08. The maximum absolute atomic E-state index is 4.56. The standard InChI is InChI=1S/C20H30N6/c1-21-20(25(3)16-18-8-7-11-24(18)2)23-15-17-9-10-22-19(14-17)26-12-5-4-6-13-26/h7-11,14H,4-6,12-13,15-16H2,1-3H3,(H,21,23). The Bertz CT molecular complexity index is 729. The van der Waals surface area contributed by atoms with Crippen molar-refractivity contribution in [2.24, 2.45) is 12.0 Å². The van der Waals surface area contributed by atoms with Crippen LogP contribution >= 0.6 is 0 Å². The van der Waals surface area contributed by atoms with Gasteiger partial charge in [-0.05, 0) is 49.1 Å². The predicted octanol–water partition coefficient (Wildman–Crippen LogP) is 2.62. The van der Waals surface area contributed by atoms with Crippen molar-refractivity contribution in [2.75, 3.05) is 32.1 Å². The number of anilines is 1. The minimum Gasteiger partial charge on any atom is -0.357 e. The minimum absolute atomic E-state index is 0.744. The molecule has 0 aromatic carbocycles. The Morgan fingerprint density at radius 3 is 2.77 bits per heavy atom. The van der Waals surface area contributed by atoms with E-state index in [0.29, 0.717) is 0 Å². The Balaban J connectivity index is 1.59. The van der Waals surface area contributed by atoms with Crippen LogP contribution in [0.3, 0.4) is 0 Å². The third-order valence-corrected chi connectivity index (χ3v) is 4.96. The van der Waals surface area contributed by atoms with Crippen LogP contribution in [0.25, 0.3) is 0 Å². The van der Waals surface area contributed by atoms with E-state index >= 15 is 0 Å². The molecule has 0 spiro atoms. The molecule has 2 aromatic rings. The molecule has 6 nitrogen and oxygen atoms in total. The molecule has 6 heteroatoms. The molecule has 0 aliphatic carbocycles. The van der Waals surface area contributed by atoms with Gasteiger partial charge in [-0.25, -0.2) is 4.98 Å². The van der Waals surface area contributed by atoms with Gasteiger partial charge in [0.05, 0.1) is 6.54 Å². The van der Waals surface area contributed by atoms with Crippen molar-refractivity contribution in [2.45, 2.75) is 32.4 Å². The van der Waals surface area contributed by atoms with Gasteiger partial charge in [0.1, 0.15) is 5.82 Å². The van der Waals surface area contributed by atoms with Crippen LogP contribution in [0.4, 0.5) is 5.82 Å². The van der Waals surface area contributed by atoms with Crippen LogP contribution in [0.2, 0.25) is 0 Å². The summed E-state index contributed by atoms with van der Waals surface area (Å²) in [5, 5.41) is 3.47. The number of piperidine rings is 1. The molecule has 2 aromatic heterocycles. The lowest BCUT2D eigenvalue weighted by atomic mass is 10.1. The normalized spacial score (nSPS) is 15.2. The summed E-state index contributed by atoms with van der Waals surface area (Å²) in [5.74, 6) is 1.98. The number of hydrogen-bond acceptors (Lipinski definition) is 3. The van der Waals surface area contributed by atoms with E-state index < -0.39 is 0 Å². The van der Waals surface area contributed by atoms with Gasteiger partial charge in [0.25, 0.3) is 0 Å². The zero-order valence-corrected chi connectivity index (χ0v) is 16.1. The van der Waals surface area contributed by atoms with Gasteiger partial charge >= 0.3 is 0 Å². The Labute approximate surface area is 156 Å². The molecule has 1 N–H and O–H groups in total. The van der Waals surface area contributed by atoms with E-state index in [1.54, 1.807) is 0 Å². The quantitative estimate of drug-likeness (QED) is 0.662. The van der Waals surface area contributed by atoms with Crippen molar-refractivity contribution in [3.63, 3.8) is 0 Å². The van der Waals surface area contributed by atoms with Crippen molar-refractivity contribution in [1.82, 2.24) is 19.8 Å². The van der Waals surface area contributed by atoms with Crippen LogP contribution in [0.1, 0.15) is 30.5 Å². The number of hydrogen-bond donors (Lipinski definition) is 1. The molecule has 3 rings (SSSR count). The summed E-state index contributed by atoms with van der Waals surface area (Å²) >= 11 is 0. The fourth-order valence-electron chi connectivity index (χ4n) is 3.41. The lowest BCUT2D eigenvalue weighted by Crippen LogP contribution is -2.38. The number of aliphatic imine (C=N–C) groups is 1. The molecule has 0 unspecified atom stereocenters. The molecule has 0 atom stereocenters. The fraction of sp³-hybridized carbons (Fsp3) is 0.500. The van der Waals surface area contributed by atoms with Crippen LogP contribution in [0.15, 0.2) is 41.7 Å². The van der Waals surface area contributed by atoms with Gasteiger partial charge < -0.3 is 19.7 Å². The first-order valence-corrected chi connectivity index (χ1v) is 9.39. The van der Waals surface area contributed by atoms with E-state index in [-0.39, 0.29) is 0 Å². The van der Waals surface area contributed by atoms with Crippen LogP contribution in [0.5, 0.6) is 0 Å². The highest BCUT2D eigenvalue weighted by atomic mass is 15.3. The monoisotopic (exact) mass is 354 g/mol. The molecule has 1 fully saturated rings. The van der Waals surface area contributed by atoms with E-state index in [1.165, 1.54) is 30.5 Å². The number of nitrogens with one attached hydrogen (secondary N) is 1. The van der Waals surface area contributed by atoms with E-state index in [0.717, 1.165) is 38.0 Å². The maximum atomic E-state index is 4.56. The third kappa shape index (κ3) is 4.56. The molecule has 140 valence electrons. The molecule has 3 heterocycles. The summed E-state index contributed by atoms with van der Waals surface area (Å²) in [6.07, 6.45) is 7.85. The second-order valence-electron chi connectivity index (χ2n) is 6.94. The first kappa shape index (κ1) is 18.3. The molecule has 26 heavy (non-hydrogen) atoms. The Morgan fingerprint density at radius 2 is 2.08 bits per heavy atom. The minimum atomic E-state index is 0.744. The molecule has 0 radical (unpaired) electrons. The summed E-state index contributed by atoms with van der Waals surface area (Å²) in [4.78, 5) is 13.5. The summed E-state index contributed by atoms with van der Waals surface area (Å²) in [5.41, 5.74) is 2.49. The van der Waals surface area contributed by atoms with Gasteiger partial charge in [-0.3, -0.25) is 4.99 Å². The van der Waals surface area contributed by atoms with E-state index in [9.17, 15) is 0 Å². The van der Waals surface area contributed by atoms with Crippen molar-refractivity contribution < 1.29 is 0 Å². The number of nitrogens with zero attached hydrogens (tertiary/aromatic N) is 5. The number of guanidine groups is 1. The topological polar surface area (TPSA) is 48.7 Å². The number of rotatable bonds is 5. The number of aromatic nitrogens is 2. The van der Waals surface area contributed by atoms with Crippen molar-refractivity contribution in [3.8, 4) is 0 Å². The van der Waals surface area contributed by atoms with E-state index in [2.05, 4.69) is 74.2 Å². The summed E-state index contributed by atoms with van der Waals surface area (Å²) < 4.78 is 2.14. The number of pyridine rings is 1. The Morgan fingerprint density at radius 1 is 1.27 bits per heavy atom. The fourth-order valence-corrected chi connectivity index (χ4v) is 3.41. The van der Waals surface area contributed by atoms with Gasteiger partial charge in [-0.2, -0.15) is 0 Å². The number of aryl methyl sites for hydroxylation is 1. The zero-order valence-electron chi connectivity index (χ0n) is 16.1. The SMILES string of the molecule is CN=C(NCc1ccnc(N2CCCCC2)c1)N(C)Cc1cccn1C. The largest absolute Gasteiger partial charge is 0.357 e. The average molecular weight is 355 g/mol. The third-order valence-electron chi connectivity index (χ3n) is 4.96. The van der Waals surface area contributed by atoms with Crippen molar-refractivity contribution in [3.05, 3.63) is 47.9 Å². The van der Waals surface area contributed by atoms with Gasteiger partial charge in [0, 0.05) is 58.9 Å². The molecule has 0 bridgehead atoms. The van der Waals surface area contributed by atoms with Gasteiger partial charge in [-0.15, -0.1) is 0 Å². The molecule has 0 amide bonds. The van der Waals surface area contributed by atoms with Crippen LogP contribution in [-0.2, 0) is 20.1 Å². The summed E-state index contributed by atoms with van der Waals surface area (Å²) in [6.45, 7) is 3.79. The molecule has 1 aliphatic heterocycles. The first-order valence-electron chi connectivity index (χ1n) is 9.39. The highest BCUT2D eigenvalue weighted by molar-refractivity contribution is 5.79. The maximum Gasteiger partial charge on any atom is 0.194 e. The molecular formula is C20H30N6. The molecule has 0 saturated carbocycles. The predicted molar refractivity (Wildman–Crippen MR) is 107 cm³/mol. The van der Waals surface area contributed by atoms with E-state index in [1.807, 2.05) is 13.2 Å². The highest BCUT2D eigenvalue weighted by Crippen LogP contribution is 2.18. The summed E-state index contributed by atoms with van der Waals surface area (Å²) in [7, 11) is 5.96. The van der Waals surface area contributed by atoms with Crippen LogP contribution < -0.4 is 10.2 Å². The van der Waals surface area contributed by atoms with Gasteiger partial charge in [-0.1, -0.05) is 0 Å². The van der Waals surface area contributed by atoms with Crippen LogP contribution in [0, 0.1) is 0 Å².